The fourth-order valence-electron chi connectivity index (χ4n) is 2.55. The molecule has 0 aliphatic heterocycles. The molecular formula is C16H16BrF4N3. The summed E-state index contributed by atoms with van der Waals surface area (Å²) >= 11 is 3.27. The Morgan fingerprint density at radius 2 is 1.88 bits per heavy atom. The number of benzene rings is 1. The van der Waals surface area contributed by atoms with Gasteiger partial charge in [0.05, 0.1) is 11.3 Å². The van der Waals surface area contributed by atoms with Gasteiger partial charge in [0.2, 0.25) is 0 Å². The second kappa shape index (κ2) is 6.23. The number of hydrogen-bond acceptors (Lipinski definition) is 1. The lowest BCUT2D eigenvalue weighted by molar-refractivity contribution is -0.137. The quantitative estimate of drug-likeness (QED) is 0.433. The van der Waals surface area contributed by atoms with Crippen LogP contribution < -0.4 is 5.73 Å². The first-order valence-corrected chi connectivity index (χ1v) is 7.78. The molecule has 8 heteroatoms. The van der Waals surface area contributed by atoms with E-state index in [4.69, 9.17) is 11.1 Å². The Morgan fingerprint density at radius 1 is 1.25 bits per heavy atom. The van der Waals surface area contributed by atoms with E-state index in [-0.39, 0.29) is 12.2 Å². The molecule has 24 heavy (non-hydrogen) atoms. The van der Waals surface area contributed by atoms with Crippen molar-refractivity contribution in [1.82, 2.24) is 4.57 Å². The highest BCUT2D eigenvalue weighted by Gasteiger charge is 2.34. The summed E-state index contributed by atoms with van der Waals surface area (Å²) in [6, 6.07) is 5.27. The van der Waals surface area contributed by atoms with Crippen LogP contribution in [0.1, 0.15) is 30.7 Å². The largest absolute Gasteiger partial charge is 0.417 e. The van der Waals surface area contributed by atoms with Crippen molar-refractivity contribution >= 4 is 21.8 Å². The van der Waals surface area contributed by atoms with Gasteiger partial charge in [0.25, 0.3) is 0 Å². The molecule has 0 atom stereocenters. The molecule has 1 aromatic heterocycles. The van der Waals surface area contributed by atoms with Crippen LogP contribution in [0.5, 0.6) is 0 Å². The first-order valence-electron chi connectivity index (χ1n) is 6.99. The molecule has 0 unspecified atom stereocenters. The highest BCUT2D eigenvalue weighted by Crippen LogP contribution is 2.34. The summed E-state index contributed by atoms with van der Waals surface area (Å²) in [5.74, 6) is -0.924. The van der Waals surface area contributed by atoms with Crippen molar-refractivity contribution in [3.63, 3.8) is 0 Å². The first-order chi connectivity index (χ1) is 10.9. The third kappa shape index (κ3) is 3.80. The van der Waals surface area contributed by atoms with Crippen molar-refractivity contribution in [2.24, 2.45) is 5.73 Å². The summed E-state index contributed by atoms with van der Waals surface area (Å²) in [4.78, 5) is 0. The second-order valence-corrected chi connectivity index (χ2v) is 7.08. The Balaban J connectivity index is 2.47. The van der Waals surface area contributed by atoms with Crippen LogP contribution in [-0.2, 0) is 18.1 Å². The normalized spacial score (nSPS) is 12.5. The van der Waals surface area contributed by atoms with Crippen LogP contribution in [0.25, 0.3) is 0 Å². The molecule has 0 radical (unpaired) electrons. The molecule has 2 rings (SSSR count). The number of amidine groups is 1. The van der Waals surface area contributed by atoms with Crippen LogP contribution in [0.4, 0.5) is 17.6 Å². The summed E-state index contributed by atoms with van der Waals surface area (Å²) in [6.07, 6.45) is -3.64. The van der Waals surface area contributed by atoms with Crippen LogP contribution in [0.2, 0.25) is 0 Å². The maximum atomic E-state index is 14.1. The minimum atomic E-state index is -4.54. The van der Waals surface area contributed by atoms with E-state index in [2.05, 4.69) is 15.9 Å². The van der Waals surface area contributed by atoms with Crippen LogP contribution in [0.3, 0.4) is 0 Å². The number of alkyl halides is 3. The molecule has 0 amide bonds. The van der Waals surface area contributed by atoms with E-state index in [1.165, 1.54) is 10.6 Å². The van der Waals surface area contributed by atoms with Gasteiger partial charge in [0.15, 0.2) is 0 Å². The van der Waals surface area contributed by atoms with Crippen molar-refractivity contribution in [3.05, 3.63) is 57.6 Å². The number of halogens is 5. The lowest BCUT2D eigenvalue weighted by Gasteiger charge is -2.27. The van der Waals surface area contributed by atoms with Crippen molar-refractivity contribution in [2.75, 3.05) is 0 Å². The average Bonchev–Trinajstić information content (AvgIpc) is 2.84. The molecule has 0 aliphatic rings. The average molecular weight is 406 g/mol. The molecule has 2 aromatic rings. The topological polar surface area (TPSA) is 54.8 Å². The number of nitrogens with one attached hydrogen (secondary N) is 1. The molecule has 1 heterocycles. The lowest BCUT2D eigenvalue weighted by atomic mass is 9.84. The van der Waals surface area contributed by atoms with Gasteiger partial charge < -0.3 is 10.3 Å². The van der Waals surface area contributed by atoms with Gasteiger partial charge in [-0.25, -0.2) is 4.39 Å². The van der Waals surface area contributed by atoms with Crippen LogP contribution >= 0.6 is 15.9 Å². The van der Waals surface area contributed by atoms with E-state index in [0.29, 0.717) is 10.0 Å². The maximum Gasteiger partial charge on any atom is 0.417 e. The molecule has 0 spiro atoms. The van der Waals surface area contributed by atoms with Crippen molar-refractivity contribution in [2.45, 2.75) is 32.0 Å². The van der Waals surface area contributed by atoms with Gasteiger partial charge >= 0.3 is 6.18 Å². The number of rotatable bonds is 4. The smallest absolute Gasteiger partial charge is 0.382 e. The SMILES string of the molecule is CC(C)(Cn1cc(C(F)(F)F)cc1C(=N)N)c1cc(Br)ccc1F. The summed E-state index contributed by atoms with van der Waals surface area (Å²) in [7, 11) is 0. The molecule has 0 bridgehead atoms. The molecule has 0 saturated carbocycles. The summed E-state index contributed by atoms with van der Waals surface area (Å²) in [6.45, 7) is 3.47. The van der Waals surface area contributed by atoms with E-state index in [9.17, 15) is 17.6 Å². The minimum absolute atomic E-state index is 0.0331. The summed E-state index contributed by atoms with van der Waals surface area (Å²) in [5, 5.41) is 7.49. The first kappa shape index (κ1) is 18.5. The van der Waals surface area contributed by atoms with Crippen LogP contribution in [0.15, 0.2) is 34.9 Å². The van der Waals surface area contributed by atoms with Crippen LogP contribution in [-0.4, -0.2) is 10.4 Å². The predicted octanol–water partition coefficient (Wildman–Crippen LogP) is 4.67. The Kier molecular flexibility index (Phi) is 4.81. The van der Waals surface area contributed by atoms with Crippen molar-refractivity contribution in [3.8, 4) is 0 Å². The highest BCUT2D eigenvalue weighted by molar-refractivity contribution is 9.10. The number of nitrogen functional groups attached to an aromatic ring is 1. The van der Waals surface area contributed by atoms with E-state index in [1.807, 2.05) is 0 Å². The molecule has 3 N–H and O–H groups in total. The zero-order valence-corrected chi connectivity index (χ0v) is 14.6. The Morgan fingerprint density at radius 3 is 2.42 bits per heavy atom. The number of nitrogens with zero attached hydrogens (tertiary/aromatic N) is 1. The van der Waals surface area contributed by atoms with Gasteiger partial charge in [-0.15, -0.1) is 0 Å². The number of nitrogens with two attached hydrogens (primary N) is 1. The van der Waals surface area contributed by atoms with E-state index < -0.39 is 28.8 Å². The van der Waals surface area contributed by atoms with E-state index >= 15 is 0 Å². The standard InChI is InChI=1S/C16H16BrF4N3/c1-15(2,11-6-10(17)3-4-12(11)18)8-24-7-9(16(19,20)21)5-13(24)14(22)23/h3-7H,8H2,1-2H3,(H3,22,23). The zero-order chi connectivity index (χ0) is 18.3. The van der Waals surface area contributed by atoms with E-state index in [1.54, 1.807) is 26.0 Å². The molecule has 0 fully saturated rings. The maximum absolute atomic E-state index is 14.1. The number of aromatic nitrogens is 1. The fourth-order valence-corrected chi connectivity index (χ4v) is 2.91. The Labute approximate surface area is 145 Å². The van der Waals surface area contributed by atoms with Crippen LogP contribution in [0, 0.1) is 11.2 Å². The lowest BCUT2D eigenvalue weighted by Crippen LogP contribution is -2.28. The van der Waals surface area contributed by atoms with Crippen molar-refractivity contribution < 1.29 is 17.6 Å². The third-order valence-corrected chi connectivity index (χ3v) is 4.22. The minimum Gasteiger partial charge on any atom is -0.382 e. The monoisotopic (exact) mass is 405 g/mol. The molecule has 3 nitrogen and oxygen atoms in total. The van der Waals surface area contributed by atoms with Gasteiger partial charge in [0, 0.05) is 22.6 Å². The van der Waals surface area contributed by atoms with Gasteiger partial charge in [0.1, 0.15) is 11.7 Å². The van der Waals surface area contributed by atoms with Gasteiger partial charge in [-0.3, -0.25) is 5.41 Å². The van der Waals surface area contributed by atoms with Gasteiger partial charge in [-0.2, -0.15) is 13.2 Å². The molecule has 1 aromatic carbocycles. The zero-order valence-electron chi connectivity index (χ0n) is 13.0. The van der Waals surface area contributed by atoms with Crippen molar-refractivity contribution in [1.29, 1.82) is 5.41 Å². The highest BCUT2D eigenvalue weighted by atomic mass is 79.9. The fraction of sp³-hybridized carbons (Fsp3) is 0.312. The molecule has 0 saturated heterocycles. The Hall–Kier alpha value is -1.83. The molecule has 130 valence electrons. The Bertz CT molecular complexity index is 778. The van der Waals surface area contributed by atoms with Gasteiger partial charge in [-0.05, 0) is 29.8 Å². The predicted molar refractivity (Wildman–Crippen MR) is 87.6 cm³/mol. The van der Waals surface area contributed by atoms with Gasteiger partial charge in [-0.1, -0.05) is 29.8 Å². The second-order valence-electron chi connectivity index (χ2n) is 6.16. The van der Waals surface area contributed by atoms with E-state index in [0.717, 1.165) is 12.3 Å². The summed E-state index contributed by atoms with van der Waals surface area (Å²) in [5.41, 5.74) is 3.99. The summed E-state index contributed by atoms with van der Waals surface area (Å²) < 4.78 is 54.8. The third-order valence-electron chi connectivity index (χ3n) is 3.72. The molecule has 0 aliphatic carbocycles. The number of hydrogen-bond donors (Lipinski definition) is 2. The molecular weight excluding hydrogens is 390 g/mol.